The van der Waals surface area contributed by atoms with Gasteiger partial charge in [-0.2, -0.15) is 0 Å². The van der Waals surface area contributed by atoms with Crippen LogP contribution in [0.25, 0.3) is 0 Å². The zero-order valence-corrected chi connectivity index (χ0v) is 12.5. The summed E-state index contributed by atoms with van der Waals surface area (Å²) >= 11 is 1.21. The topological polar surface area (TPSA) is 97.1 Å². The van der Waals surface area contributed by atoms with E-state index in [1.54, 1.807) is 29.6 Å². The number of nitrogen functional groups attached to an aromatic ring is 1. The van der Waals surface area contributed by atoms with E-state index < -0.39 is 0 Å². The van der Waals surface area contributed by atoms with Crippen LogP contribution in [0.2, 0.25) is 0 Å². The molecular formula is C14H16N4O2S. The quantitative estimate of drug-likeness (QED) is 0.806. The molecule has 0 atom stereocenters. The highest BCUT2D eigenvalue weighted by molar-refractivity contribution is 7.13. The zero-order valence-electron chi connectivity index (χ0n) is 11.7. The van der Waals surface area contributed by atoms with E-state index in [0.717, 1.165) is 0 Å². The number of thiazole rings is 1. The maximum atomic E-state index is 11.9. The Hall–Kier alpha value is -2.41. The Morgan fingerprint density at radius 2 is 1.86 bits per heavy atom. The Morgan fingerprint density at radius 1 is 1.19 bits per heavy atom. The lowest BCUT2D eigenvalue weighted by Crippen LogP contribution is -2.30. The zero-order chi connectivity index (χ0) is 15.4. The molecule has 21 heavy (non-hydrogen) atoms. The number of hydrogen-bond donors (Lipinski definition) is 3. The fraction of sp³-hybridized carbons (Fsp3) is 0.214. The van der Waals surface area contributed by atoms with E-state index in [4.69, 9.17) is 5.73 Å². The normalized spacial score (nSPS) is 10.4. The van der Waals surface area contributed by atoms with E-state index in [2.05, 4.69) is 15.6 Å². The minimum atomic E-state index is -0.331. The second kappa shape index (κ2) is 6.36. The molecule has 0 fully saturated rings. The first-order valence-corrected chi connectivity index (χ1v) is 7.27. The number of rotatable bonds is 4. The summed E-state index contributed by atoms with van der Waals surface area (Å²) in [5, 5.41) is 7.44. The van der Waals surface area contributed by atoms with E-state index in [9.17, 15) is 9.59 Å². The number of nitrogens with zero attached hydrogens (tertiary/aromatic N) is 1. The third kappa shape index (κ3) is 4.03. The molecule has 4 N–H and O–H groups in total. The van der Waals surface area contributed by atoms with E-state index >= 15 is 0 Å². The van der Waals surface area contributed by atoms with Crippen molar-refractivity contribution in [3.05, 3.63) is 40.9 Å². The van der Waals surface area contributed by atoms with Crippen molar-refractivity contribution >= 4 is 34.0 Å². The Labute approximate surface area is 126 Å². The lowest BCUT2D eigenvalue weighted by molar-refractivity contribution is 0.0942. The van der Waals surface area contributed by atoms with Crippen LogP contribution in [0.5, 0.6) is 0 Å². The van der Waals surface area contributed by atoms with Crippen molar-refractivity contribution < 1.29 is 9.59 Å². The molecule has 0 aliphatic carbocycles. The van der Waals surface area contributed by atoms with Gasteiger partial charge in [0.1, 0.15) is 5.69 Å². The Bertz CT molecular complexity index is 649. The molecule has 2 amide bonds. The summed E-state index contributed by atoms with van der Waals surface area (Å²) in [6.45, 7) is 3.79. The third-order valence-corrected chi connectivity index (χ3v) is 3.25. The fourth-order valence-electron chi connectivity index (χ4n) is 1.64. The first kappa shape index (κ1) is 15.0. The number of hydrogen-bond acceptors (Lipinski definition) is 5. The summed E-state index contributed by atoms with van der Waals surface area (Å²) in [4.78, 5) is 27.6. The Kier molecular flexibility index (Phi) is 4.54. The smallest absolute Gasteiger partial charge is 0.275 e. The molecule has 2 aromatic rings. The van der Waals surface area contributed by atoms with E-state index in [1.807, 2.05) is 13.8 Å². The molecule has 1 aromatic carbocycles. The lowest BCUT2D eigenvalue weighted by Gasteiger charge is -2.09. The SMILES string of the molecule is CC(C)NC(=O)c1ccc(NC(=O)c2csc(N)n2)cc1. The highest BCUT2D eigenvalue weighted by Gasteiger charge is 2.11. The third-order valence-electron chi connectivity index (χ3n) is 2.58. The van der Waals surface area contributed by atoms with Gasteiger partial charge < -0.3 is 16.4 Å². The van der Waals surface area contributed by atoms with Crippen molar-refractivity contribution in [3.8, 4) is 0 Å². The maximum Gasteiger partial charge on any atom is 0.275 e. The molecule has 110 valence electrons. The van der Waals surface area contributed by atoms with Gasteiger partial charge in [-0.25, -0.2) is 4.98 Å². The molecule has 7 heteroatoms. The van der Waals surface area contributed by atoms with Crippen molar-refractivity contribution in [3.63, 3.8) is 0 Å². The molecule has 0 aliphatic rings. The van der Waals surface area contributed by atoms with Gasteiger partial charge in [-0.3, -0.25) is 9.59 Å². The molecule has 0 radical (unpaired) electrons. The summed E-state index contributed by atoms with van der Waals surface area (Å²) in [7, 11) is 0. The van der Waals surface area contributed by atoms with Gasteiger partial charge >= 0.3 is 0 Å². The molecule has 0 bridgehead atoms. The van der Waals surface area contributed by atoms with Crippen molar-refractivity contribution in [2.75, 3.05) is 11.1 Å². The summed E-state index contributed by atoms with van der Waals surface area (Å²) in [6.07, 6.45) is 0. The van der Waals surface area contributed by atoms with Crippen LogP contribution >= 0.6 is 11.3 Å². The monoisotopic (exact) mass is 304 g/mol. The van der Waals surface area contributed by atoms with Gasteiger partial charge in [-0.1, -0.05) is 0 Å². The highest BCUT2D eigenvalue weighted by Crippen LogP contribution is 2.14. The van der Waals surface area contributed by atoms with Crippen LogP contribution in [-0.4, -0.2) is 22.8 Å². The molecule has 6 nitrogen and oxygen atoms in total. The summed E-state index contributed by atoms with van der Waals surface area (Å²) in [5.74, 6) is -0.475. The van der Waals surface area contributed by atoms with Crippen molar-refractivity contribution in [2.24, 2.45) is 0 Å². The Morgan fingerprint density at radius 3 is 2.38 bits per heavy atom. The number of carbonyl (C=O) groups excluding carboxylic acids is 2. The number of nitrogens with two attached hydrogens (primary N) is 1. The van der Waals surface area contributed by atoms with Gasteiger partial charge in [-0.05, 0) is 38.1 Å². The molecule has 1 aromatic heterocycles. The molecule has 0 saturated carbocycles. The fourth-order valence-corrected chi connectivity index (χ4v) is 2.18. The highest BCUT2D eigenvalue weighted by atomic mass is 32.1. The first-order chi connectivity index (χ1) is 9.95. The van der Waals surface area contributed by atoms with Gasteiger partial charge in [0.25, 0.3) is 11.8 Å². The molecule has 0 saturated heterocycles. The van der Waals surface area contributed by atoms with E-state index in [1.165, 1.54) is 11.3 Å². The van der Waals surface area contributed by atoms with Gasteiger partial charge in [0, 0.05) is 22.7 Å². The average molecular weight is 304 g/mol. The lowest BCUT2D eigenvalue weighted by atomic mass is 10.2. The largest absolute Gasteiger partial charge is 0.375 e. The van der Waals surface area contributed by atoms with Crippen molar-refractivity contribution in [1.82, 2.24) is 10.3 Å². The van der Waals surface area contributed by atoms with Gasteiger partial charge in [-0.15, -0.1) is 11.3 Å². The first-order valence-electron chi connectivity index (χ1n) is 6.39. The molecule has 0 unspecified atom stereocenters. The Balaban J connectivity index is 2.02. The minimum absolute atomic E-state index is 0.0759. The van der Waals surface area contributed by atoms with Crippen LogP contribution in [-0.2, 0) is 0 Å². The van der Waals surface area contributed by atoms with Gasteiger partial charge in [0.15, 0.2) is 5.13 Å². The van der Waals surface area contributed by atoms with Crippen LogP contribution in [0.1, 0.15) is 34.7 Å². The standard InChI is InChI=1S/C14H16N4O2S/c1-8(2)16-12(19)9-3-5-10(6-4-9)17-13(20)11-7-21-14(15)18-11/h3-8H,1-2H3,(H2,15,18)(H,16,19)(H,17,20). The van der Waals surface area contributed by atoms with Crippen LogP contribution in [0.3, 0.4) is 0 Å². The van der Waals surface area contributed by atoms with Crippen LogP contribution in [0.15, 0.2) is 29.6 Å². The van der Waals surface area contributed by atoms with Crippen LogP contribution in [0, 0.1) is 0 Å². The predicted octanol–water partition coefficient (Wildman–Crippen LogP) is 2.12. The van der Waals surface area contributed by atoms with Crippen LogP contribution < -0.4 is 16.4 Å². The molecule has 2 rings (SSSR count). The molecular weight excluding hydrogens is 288 g/mol. The minimum Gasteiger partial charge on any atom is -0.375 e. The van der Waals surface area contributed by atoms with E-state index in [-0.39, 0.29) is 23.6 Å². The predicted molar refractivity (Wildman–Crippen MR) is 83.5 cm³/mol. The number of carbonyl (C=O) groups is 2. The number of amides is 2. The van der Waals surface area contributed by atoms with Crippen molar-refractivity contribution in [1.29, 1.82) is 0 Å². The number of benzene rings is 1. The van der Waals surface area contributed by atoms with Gasteiger partial charge in [0.2, 0.25) is 0 Å². The number of aromatic nitrogens is 1. The van der Waals surface area contributed by atoms with Crippen molar-refractivity contribution in [2.45, 2.75) is 19.9 Å². The molecule has 0 spiro atoms. The summed E-state index contributed by atoms with van der Waals surface area (Å²) in [6, 6.07) is 6.73. The summed E-state index contributed by atoms with van der Waals surface area (Å²) in [5.41, 5.74) is 6.89. The van der Waals surface area contributed by atoms with Gasteiger partial charge in [0.05, 0.1) is 0 Å². The number of anilines is 2. The number of nitrogens with one attached hydrogen (secondary N) is 2. The summed E-state index contributed by atoms with van der Waals surface area (Å²) < 4.78 is 0. The second-order valence-electron chi connectivity index (χ2n) is 4.73. The maximum absolute atomic E-state index is 11.9. The molecule has 0 aliphatic heterocycles. The van der Waals surface area contributed by atoms with E-state index in [0.29, 0.717) is 16.4 Å². The van der Waals surface area contributed by atoms with Crippen LogP contribution in [0.4, 0.5) is 10.8 Å². The molecule has 1 heterocycles. The second-order valence-corrected chi connectivity index (χ2v) is 5.62. The average Bonchev–Trinajstić information content (AvgIpc) is 2.85.